The lowest BCUT2D eigenvalue weighted by atomic mass is 9.88. The highest BCUT2D eigenvalue weighted by molar-refractivity contribution is 6.29. The highest BCUT2D eigenvalue weighted by atomic mass is 16.4. The van der Waals surface area contributed by atoms with Crippen molar-refractivity contribution < 1.29 is 14.0 Å². The van der Waals surface area contributed by atoms with Crippen molar-refractivity contribution in [1.29, 1.82) is 0 Å². The Labute approximate surface area is 126 Å². The lowest BCUT2D eigenvalue weighted by Crippen LogP contribution is -2.21. The Morgan fingerprint density at radius 2 is 2.05 bits per heavy atom. The van der Waals surface area contributed by atoms with Crippen LogP contribution in [0.3, 0.4) is 0 Å². The maximum Gasteiger partial charge on any atom is 0.231 e. The second-order valence-corrected chi connectivity index (χ2v) is 4.62. The summed E-state index contributed by atoms with van der Waals surface area (Å²) in [5.41, 5.74) is 1.22. The van der Waals surface area contributed by atoms with Gasteiger partial charge in [-0.3, -0.25) is 14.6 Å². The van der Waals surface area contributed by atoms with E-state index in [1.807, 2.05) is 0 Å². The molecule has 2 aromatic heterocycles. The lowest BCUT2D eigenvalue weighted by Gasteiger charge is -2.13. The molecule has 1 aliphatic carbocycles. The number of pyridine rings is 1. The Kier molecular flexibility index (Phi) is 3.39. The van der Waals surface area contributed by atoms with Crippen molar-refractivity contribution in [1.82, 2.24) is 9.97 Å². The molecule has 22 heavy (non-hydrogen) atoms. The number of aromatic nitrogens is 2. The molecule has 0 aromatic carbocycles. The largest absolute Gasteiger partial charge is 0.432 e. The molecule has 3 rings (SSSR count). The summed E-state index contributed by atoms with van der Waals surface area (Å²) in [6.07, 6.45) is 7.74. The average molecular weight is 292 g/mol. The molecule has 2 aromatic rings. The van der Waals surface area contributed by atoms with Gasteiger partial charge in [0.25, 0.3) is 0 Å². The first kappa shape index (κ1) is 13.9. The second kappa shape index (κ2) is 5.37. The number of oxazole rings is 1. The SMILES string of the molecule is C=C/C=C1/C(=O)c2oc(-c3cccnc3)nc2C(=O)/C1=C/C. The zero-order chi connectivity index (χ0) is 15.7. The van der Waals surface area contributed by atoms with Crippen LogP contribution in [0.4, 0.5) is 0 Å². The van der Waals surface area contributed by atoms with Gasteiger partial charge in [-0.1, -0.05) is 24.8 Å². The first-order chi connectivity index (χ1) is 10.7. The number of rotatable bonds is 2. The number of carbonyl (C=O) groups excluding carboxylic acids is 2. The molecule has 0 N–H and O–H groups in total. The number of carbonyl (C=O) groups is 2. The van der Waals surface area contributed by atoms with E-state index in [1.165, 1.54) is 12.2 Å². The quantitative estimate of drug-likeness (QED) is 0.795. The maximum atomic E-state index is 12.5. The summed E-state index contributed by atoms with van der Waals surface area (Å²) < 4.78 is 5.52. The first-order valence-corrected chi connectivity index (χ1v) is 6.67. The van der Waals surface area contributed by atoms with Crippen LogP contribution in [-0.4, -0.2) is 21.5 Å². The van der Waals surface area contributed by atoms with Gasteiger partial charge >= 0.3 is 0 Å². The second-order valence-electron chi connectivity index (χ2n) is 4.62. The Morgan fingerprint density at radius 1 is 1.23 bits per heavy atom. The summed E-state index contributed by atoms with van der Waals surface area (Å²) >= 11 is 0. The van der Waals surface area contributed by atoms with Gasteiger partial charge in [-0.15, -0.1) is 0 Å². The van der Waals surface area contributed by atoms with Crippen LogP contribution in [0.5, 0.6) is 0 Å². The van der Waals surface area contributed by atoms with Gasteiger partial charge in [0.15, 0.2) is 5.69 Å². The van der Waals surface area contributed by atoms with Crippen LogP contribution in [0, 0.1) is 0 Å². The minimum Gasteiger partial charge on any atom is -0.432 e. The molecule has 0 amide bonds. The van der Waals surface area contributed by atoms with Crippen LogP contribution < -0.4 is 0 Å². The van der Waals surface area contributed by atoms with Crippen LogP contribution in [0.25, 0.3) is 11.5 Å². The Hall–Kier alpha value is -3.08. The molecule has 0 spiro atoms. The highest BCUT2D eigenvalue weighted by Gasteiger charge is 2.37. The van der Waals surface area contributed by atoms with Crippen molar-refractivity contribution in [2.45, 2.75) is 6.92 Å². The molecular formula is C17H12N2O3. The molecule has 108 valence electrons. The smallest absolute Gasteiger partial charge is 0.231 e. The summed E-state index contributed by atoms with van der Waals surface area (Å²) in [4.78, 5) is 33.1. The summed E-state index contributed by atoms with van der Waals surface area (Å²) in [6.45, 7) is 5.27. The molecule has 0 saturated carbocycles. The van der Waals surface area contributed by atoms with E-state index in [9.17, 15) is 9.59 Å². The molecule has 0 bridgehead atoms. The Morgan fingerprint density at radius 3 is 2.68 bits per heavy atom. The number of nitrogens with zero attached hydrogens (tertiary/aromatic N) is 2. The number of hydrogen-bond donors (Lipinski definition) is 0. The average Bonchev–Trinajstić information content (AvgIpc) is 2.99. The van der Waals surface area contributed by atoms with Crippen molar-refractivity contribution in [2.24, 2.45) is 0 Å². The van der Waals surface area contributed by atoms with E-state index in [0.29, 0.717) is 11.1 Å². The third-order valence-corrected chi connectivity index (χ3v) is 3.31. The predicted octanol–water partition coefficient (Wildman–Crippen LogP) is 3.17. The first-order valence-electron chi connectivity index (χ1n) is 6.67. The third kappa shape index (κ3) is 2.03. The molecule has 0 atom stereocenters. The third-order valence-electron chi connectivity index (χ3n) is 3.31. The van der Waals surface area contributed by atoms with Gasteiger partial charge in [0.1, 0.15) is 0 Å². The molecule has 1 aliphatic rings. The zero-order valence-corrected chi connectivity index (χ0v) is 11.9. The fourth-order valence-corrected chi connectivity index (χ4v) is 2.31. The number of fused-ring (bicyclic) bond motifs is 1. The minimum absolute atomic E-state index is 0.0393. The van der Waals surface area contributed by atoms with Crippen LogP contribution in [0.1, 0.15) is 28.0 Å². The zero-order valence-electron chi connectivity index (χ0n) is 11.9. The van der Waals surface area contributed by atoms with E-state index in [1.54, 1.807) is 37.5 Å². The Balaban J connectivity index is 2.20. The number of allylic oxidation sites excluding steroid dienone is 5. The topological polar surface area (TPSA) is 73.1 Å². The number of ketones is 2. The summed E-state index contributed by atoms with van der Waals surface area (Å²) in [6, 6.07) is 3.47. The monoisotopic (exact) mass is 292 g/mol. The van der Waals surface area contributed by atoms with Gasteiger partial charge in [-0.05, 0) is 19.1 Å². The summed E-state index contributed by atoms with van der Waals surface area (Å²) in [7, 11) is 0. The molecule has 0 unspecified atom stereocenters. The molecule has 5 heteroatoms. The van der Waals surface area contributed by atoms with Crippen molar-refractivity contribution in [2.75, 3.05) is 0 Å². The molecule has 2 heterocycles. The van der Waals surface area contributed by atoms with E-state index in [-0.39, 0.29) is 34.5 Å². The molecule has 0 fully saturated rings. The van der Waals surface area contributed by atoms with Crippen LogP contribution in [0.2, 0.25) is 0 Å². The fourth-order valence-electron chi connectivity index (χ4n) is 2.31. The van der Waals surface area contributed by atoms with Gasteiger partial charge < -0.3 is 4.42 Å². The van der Waals surface area contributed by atoms with E-state index in [2.05, 4.69) is 16.5 Å². The van der Waals surface area contributed by atoms with Crippen LogP contribution in [0.15, 0.2) is 64.9 Å². The Bertz CT molecular complexity index is 842. The minimum atomic E-state index is -0.370. The van der Waals surface area contributed by atoms with E-state index in [4.69, 9.17) is 4.42 Å². The van der Waals surface area contributed by atoms with E-state index in [0.717, 1.165) is 0 Å². The summed E-state index contributed by atoms with van der Waals surface area (Å²) in [5.74, 6) is -0.535. The number of Topliss-reactive ketones (excluding diaryl/α,β-unsaturated/α-hetero) is 2. The van der Waals surface area contributed by atoms with Gasteiger partial charge in [-0.2, -0.15) is 0 Å². The maximum absolute atomic E-state index is 12.5. The fraction of sp³-hybridized carbons (Fsp3) is 0.0588. The highest BCUT2D eigenvalue weighted by Crippen LogP contribution is 2.32. The van der Waals surface area contributed by atoms with E-state index >= 15 is 0 Å². The normalized spacial score (nSPS) is 17.9. The van der Waals surface area contributed by atoms with E-state index < -0.39 is 0 Å². The van der Waals surface area contributed by atoms with Crippen LogP contribution >= 0.6 is 0 Å². The lowest BCUT2D eigenvalue weighted by molar-refractivity contribution is 0.0952. The van der Waals surface area contributed by atoms with Gasteiger partial charge in [0.2, 0.25) is 23.2 Å². The standard InChI is InChI=1S/C17H12N2O3/c1-3-6-12-11(4-2)14(20)13-16(15(12)21)22-17(19-13)10-7-5-8-18-9-10/h3-9H,1H2,2H3/b11-4+,12-6+. The summed E-state index contributed by atoms with van der Waals surface area (Å²) in [5, 5.41) is 0. The van der Waals surface area contributed by atoms with Crippen molar-refractivity contribution >= 4 is 11.6 Å². The number of hydrogen-bond acceptors (Lipinski definition) is 5. The van der Waals surface area contributed by atoms with Gasteiger partial charge in [-0.25, -0.2) is 4.98 Å². The molecular weight excluding hydrogens is 280 g/mol. The van der Waals surface area contributed by atoms with Crippen molar-refractivity contribution in [3.8, 4) is 11.5 Å². The molecule has 0 radical (unpaired) electrons. The predicted molar refractivity (Wildman–Crippen MR) is 80.4 cm³/mol. The molecule has 5 nitrogen and oxygen atoms in total. The molecule has 0 saturated heterocycles. The van der Waals surface area contributed by atoms with Crippen molar-refractivity contribution in [3.05, 3.63) is 71.9 Å². The van der Waals surface area contributed by atoms with Gasteiger partial charge in [0.05, 0.1) is 5.56 Å². The molecule has 0 aliphatic heterocycles. The van der Waals surface area contributed by atoms with Crippen molar-refractivity contribution in [3.63, 3.8) is 0 Å². The van der Waals surface area contributed by atoms with Crippen LogP contribution in [-0.2, 0) is 0 Å². The van der Waals surface area contributed by atoms with Gasteiger partial charge in [0, 0.05) is 23.5 Å².